The summed E-state index contributed by atoms with van der Waals surface area (Å²) in [7, 11) is 0. The number of amides is 1. The lowest BCUT2D eigenvalue weighted by atomic mass is 10.2. The second-order valence-corrected chi connectivity index (χ2v) is 4.16. The molecule has 1 aromatic heterocycles. The minimum atomic E-state index is -0.212. The van der Waals surface area contributed by atoms with Gasteiger partial charge in [0, 0.05) is 11.3 Å². The molecule has 1 heterocycles. The number of rotatable bonds is 2. The number of thiazole rings is 1. The topological polar surface area (TPSA) is 62.2 Å². The number of nitrogens with zero attached hydrogens (tertiary/aromatic N) is 1. The molecule has 2 rings (SSSR count). The van der Waals surface area contributed by atoms with Gasteiger partial charge in [-0.05, 0) is 19.1 Å². The molecule has 1 aromatic carbocycles. The number of carbonyl (C=O) groups is 1. The third kappa shape index (κ3) is 2.04. The Morgan fingerprint density at radius 1 is 1.50 bits per heavy atom. The van der Waals surface area contributed by atoms with E-state index >= 15 is 0 Å². The number of hydrogen-bond donors (Lipinski definition) is 2. The van der Waals surface area contributed by atoms with Gasteiger partial charge >= 0.3 is 0 Å². The Bertz CT molecular complexity index is 509. The van der Waals surface area contributed by atoms with Gasteiger partial charge in [-0.2, -0.15) is 0 Å². The molecule has 2 N–H and O–H groups in total. The fraction of sp³-hybridized carbons (Fsp3) is 0.0909. The highest BCUT2D eigenvalue weighted by Gasteiger charge is 2.10. The zero-order chi connectivity index (χ0) is 11.5. The monoisotopic (exact) mass is 234 g/mol. The first-order valence-corrected chi connectivity index (χ1v) is 5.55. The first-order valence-electron chi connectivity index (χ1n) is 4.67. The Kier molecular flexibility index (Phi) is 2.87. The van der Waals surface area contributed by atoms with Crippen LogP contribution >= 0.6 is 11.3 Å². The zero-order valence-corrected chi connectivity index (χ0v) is 9.41. The third-order valence-electron chi connectivity index (χ3n) is 2.21. The van der Waals surface area contributed by atoms with Crippen LogP contribution in [0, 0.1) is 6.92 Å². The third-order valence-corrected chi connectivity index (χ3v) is 2.98. The van der Waals surface area contributed by atoms with E-state index in [4.69, 9.17) is 0 Å². The van der Waals surface area contributed by atoms with E-state index in [1.165, 1.54) is 17.5 Å². The van der Waals surface area contributed by atoms with Gasteiger partial charge in [0.05, 0.1) is 11.7 Å². The maximum atomic E-state index is 11.7. The average Bonchev–Trinajstić information content (AvgIpc) is 2.78. The van der Waals surface area contributed by atoms with Crippen LogP contribution in [0.25, 0.3) is 0 Å². The minimum Gasteiger partial charge on any atom is -0.508 e. The summed E-state index contributed by atoms with van der Waals surface area (Å²) >= 11 is 1.27. The Morgan fingerprint density at radius 2 is 2.31 bits per heavy atom. The Labute approximate surface area is 96.6 Å². The molecular formula is C11H10N2O2S. The van der Waals surface area contributed by atoms with Crippen LogP contribution in [-0.4, -0.2) is 16.0 Å². The molecule has 0 radical (unpaired) electrons. The lowest BCUT2D eigenvalue weighted by molar-refractivity contribution is 0.103. The second kappa shape index (κ2) is 4.32. The van der Waals surface area contributed by atoms with E-state index in [0.29, 0.717) is 16.1 Å². The number of aromatic hydroxyl groups is 1. The lowest BCUT2D eigenvalue weighted by Crippen LogP contribution is -2.11. The average molecular weight is 234 g/mol. The van der Waals surface area contributed by atoms with Crippen LogP contribution in [0.5, 0.6) is 5.75 Å². The van der Waals surface area contributed by atoms with Crippen molar-refractivity contribution in [2.75, 3.05) is 5.32 Å². The molecule has 2 aromatic rings. The van der Waals surface area contributed by atoms with E-state index in [-0.39, 0.29) is 11.7 Å². The van der Waals surface area contributed by atoms with E-state index in [9.17, 15) is 9.90 Å². The summed E-state index contributed by atoms with van der Waals surface area (Å²) in [4.78, 5) is 16.1. The van der Waals surface area contributed by atoms with Crippen LogP contribution in [0.4, 0.5) is 5.69 Å². The van der Waals surface area contributed by atoms with Gasteiger partial charge in [0.1, 0.15) is 10.6 Å². The van der Waals surface area contributed by atoms with Crippen molar-refractivity contribution in [1.29, 1.82) is 0 Å². The smallest absolute Gasteiger partial charge is 0.267 e. The number of benzene rings is 1. The Hall–Kier alpha value is -1.88. The van der Waals surface area contributed by atoms with Crippen molar-refractivity contribution >= 4 is 22.9 Å². The van der Waals surface area contributed by atoms with Crippen LogP contribution in [0.3, 0.4) is 0 Å². The van der Waals surface area contributed by atoms with Gasteiger partial charge in [-0.25, -0.2) is 0 Å². The molecule has 0 unspecified atom stereocenters. The summed E-state index contributed by atoms with van der Waals surface area (Å²) < 4.78 is 0. The first-order chi connectivity index (χ1) is 7.68. The molecule has 0 aliphatic heterocycles. The van der Waals surface area contributed by atoms with Crippen LogP contribution in [0.15, 0.2) is 29.9 Å². The highest BCUT2D eigenvalue weighted by molar-refractivity contribution is 7.11. The fourth-order valence-corrected chi connectivity index (χ4v) is 1.79. The van der Waals surface area contributed by atoms with Gasteiger partial charge in [-0.15, -0.1) is 11.3 Å². The summed E-state index contributed by atoms with van der Waals surface area (Å²) in [5, 5.41) is 12.2. The van der Waals surface area contributed by atoms with Crippen molar-refractivity contribution in [3.05, 3.63) is 40.3 Å². The van der Waals surface area contributed by atoms with E-state index in [1.54, 1.807) is 30.6 Å². The molecule has 0 atom stereocenters. The van der Waals surface area contributed by atoms with Crippen molar-refractivity contribution in [3.8, 4) is 5.75 Å². The van der Waals surface area contributed by atoms with Gasteiger partial charge in [0.15, 0.2) is 0 Å². The van der Waals surface area contributed by atoms with Crippen LogP contribution < -0.4 is 5.32 Å². The van der Waals surface area contributed by atoms with Crippen LogP contribution in [0.2, 0.25) is 0 Å². The van der Waals surface area contributed by atoms with E-state index in [1.807, 2.05) is 0 Å². The molecule has 1 amide bonds. The normalized spacial score (nSPS) is 10.1. The van der Waals surface area contributed by atoms with Crippen molar-refractivity contribution in [2.45, 2.75) is 6.92 Å². The van der Waals surface area contributed by atoms with Crippen LogP contribution in [-0.2, 0) is 0 Å². The fourth-order valence-electron chi connectivity index (χ4n) is 1.27. The summed E-state index contributed by atoms with van der Waals surface area (Å²) in [6.07, 6.45) is 1.51. The first kappa shape index (κ1) is 10.6. The molecule has 5 heteroatoms. The molecule has 0 bridgehead atoms. The molecular weight excluding hydrogens is 224 g/mol. The minimum absolute atomic E-state index is 0.169. The number of carbonyl (C=O) groups excluding carboxylic acids is 1. The number of phenols is 1. The van der Waals surface area contributed by atoms with E-state index in [0.717, 1.165) is 0 Å². The SMILES string of the molecule is Cc1c(O)cccc1NC(=O)c1cncs1. The highest BCUT2D eigenvalue weighted by Crippen LogP contribution is 2.24. The van der Waals surface area contributed by atoms with Gasteiger partial charge in [-0.3, -0.25) is 9.78 Å². The zero-order valence-electron chi connectivity index (χ0n) is 8.60. The number of phenolic OH excluding ortho intramolecular Hbond substituents is 1. The number of nitrogens with one attached hydrogen (secondary N) is 1. The standard InChI is InChI=1S/C11H10N2O2S/c1-7-8(3-2-4-9(7)14)13-11(15)10-5-12-6-16-10/h2-6,14H,1H3,(H,13,15). The molecule has 0 saturated carbocycles. The van der Waals surface area contributed by atoms with Gasteiger partial charge in [0.2, 0.25) is 0 Å². The number of aromatic nitrogens is 1. The van der Waals surface area contributed by atoms with Crippen LogP contribution in [0.1, 0.15) is 15.2 Å². The maximum absolute atomic E-state index is 11.7. The Balaban J connectivity index is 2.22. The summed E-state index contributed by atoms with van der Waals surface area (Å²) in [5.74, 6) is -0.0432. The second-order valence-electron chi connectivity index (χ2n) is 3.27. The largest absolute Gasteiger partial charge is 0.508 e. The molecule has 0 fully saturated rings. The van der Waals surface area contributed by atoms with Crippen molar-refractivity contribution in [1.82, 2.24) is 4.98 Å². The predicted molar refractivity (Wildman–Crippen MR) is 62.9 cm³/mol. The van der Waals surface area contributed by atoms with Gasteiger partial charge in [0.25, 0.3) is 5.91 Å². The summed E-state index contributed by atoms with van der Waals surface area (Å²) in [6.45, 7) is 1.75. The van der Waals surface area contributed by atoms with Gasteiger partial charge in [-0.1, -0.05) is 6.07 Å². The molecule has 82 valence electrons. The summed E-state index contributed by atoms with van der Waals surface area (Å²) in [6, 6.07) is 5.01. The molecule has 0 aliphatic rings. The van der Waals surface area contributed by atoms with E-state index in [2.05, 4.69) is 10.3 Å². The molecule has 4 nitrogen and oxygen atoms in total. The maximum Gasteiger partial charge on any atom is 0.267 e. The number of hydrogen-bond acceptors (Lipinski definition) is 4. The van der Waals surface area contributed by atoms with Crippen molar-refractivity contribution < 1.29 is 9.90 Å². The highest BCUT2D eigenvalue weighted by atomic mass is 32.1. The molecule has 0 aliphatic carbocycles. The lowest BCUT2D eigenvalue weighted by Gasteiger charge is -2.07. The molecule has 0 spiro atoms. The molecule has 16 heavy (non-hydrogen) atoms. The van der Waals surface area contributed by atoms with E-state index < -0.39 is 0 Å². The quantitative estimate of drug-likeness (QED) is 0.838. The van der Waals surface area contributed by atoms with Crippen molar-refractivity contribution in [3.63, 3.8) is 0 Å². The predicted octanol–water partition coefficient (Wildman–Crippen LogP) is 2.41. The number of anilines is 1. The summed E-state index contributed by atoms with van der Waals surface area (Å²) in [5.41, 5.74) is 2.86. The molecule has 0 saturated heterocycles. The van der Waals surface area contributed by atoms with Gasteiger partial charge < -0.3 is 10.4 Å². The van der Waals surface area contributed by atoms with Crippen molar-refractivity contribution in [2.24, 2.45) is 0 Å². The Morgan fingerprint density at radius 3 is 3.00 bits per heavy atom.